The van der Waals surface area contributed by atoms with Crippen molar-refractivity contribution in [3.05, 3.63) is 48.4 Å². The van der Waals surface area contributed by atoms with Gasteiger partial charge >= 0.3 is 0 Å². The molecule has 1 saturated heterocycles. The first-order valence-corrected chi connectivity index (χ1v) is 9.86. The average molecular weight is 383 g/mol. The molecule has 1 aliphatic rings. The number of pyridine rings is 1. The summed E-state index contributed by atoms with van der Waals surface area (Å²) in [7, 11) is 1.85. The highest BCUT2D eigenvalue weighted by atomic mass is 32.2. The number of aryl methyl sites for hydroxylation is 1. The summed E-state index contributed by atoms with van der Waals surface area (Å²) in [6.45, 7) is 0.921. The van der Waals surface area contributed by atoms with Gasteiger partial charge in [-0.15, -0.1) is 10.2 Å². The van der Waals surface area contributed by atoms with Crippen LogP contribution >= 0.6 is 11.8 Å². The van der Waals surface area contributed by atoms with Crippen molar-refractivity contribution in [2.24, 2.45) is 13.0 Å². The highest BCUT2D eigenvalue weighted by molar-refractivity contribution is 7.99. The predicted octanol–water partition coefficient (Wildman–Crippen LogP) is 1.52. The quantitative estimate of drug-likeness (QED) is 0.673. The highest BCUT2D eigenvalue weighted by Gasteiger charge is 2.34. The van der Waals surface area contributed by atoms with Crippen LogP contribution in [-0.4, -0.2) is 60.6 Å². The number of thioether (sulfide) groups is 1. The summed E-state index contributed by atoms with van der Waals surface area (Å²) in [5, 5.41) is 20.0. The summed E-state index contributed by atoms with van der Waals surface area (Å²) >= 11 is 1.36. The average Bonchev–Trinajstić information content (AvgIpc) is 3.25. The Morgan fingerprint density at radius 1 is 1.26 bits per heavy atom. The lowest BCUT2D eigenvalue weighted by Crippen LogP contribution is -2.31. The molecule has 0 unspecified atom stereocenters. The summed E-state index contributed by atoms with van der Waals surface area (Å²) in [6, 6.07) is 12.0. The molecule has 140 valence electrons. The minimum Gasteiger partial charge on any atom is -0.391 e. The molecular weight excluding hydrogens is 362 g/mol. The number of amides is 1. The van der Waals surface area contributed by atoms with E-state index in [1.807, 2.05) is 37.4 Å². The predicted molar refractivity (Wildman–Crippen MR) is 103 cm³/mol. The van der Waals surface area contributed by atoms with Crippen LogP contribution in [0.15, 0.2) is 47.9 Å². The number of carbonyl (C=O) groups excluding carboxylic acids is 1. The van der Waals surface area contributed by atoms with Gasteiger partial charge in [0.15, 0.2) is 5.16 Å². The topological polar surface area (TPSA) is 84.1 Å². The summed E-state index contributed by atoms with van der Waals surface area (Å²) < 4.78 is 1.78. The van der Waals surface area contributed by atoms with E-state index in [1.54, 1.807) is 15.8 Å². The van der Waals surface area contributed by atoms with Gasteiger partial charge in [-0.25, -0.2) is 0 Å². The van der Waals surface area contributed by atoms with Crippen LogP contribution in [0.5, 0.6) is 0 Å². The molecule has 27 heavy (non-hydrogen) atoms. The van der Waals surface area contributed by atoms with Gasteiger partial charge < -0.3 is 14.6 Å². The van der Waals surface area contributed by atoms with Crippen molar-refractivity contribution in [1.82, 2.24) is 24.6 Å². The monoisotopic (exact) mass is 383 g/mol. The number of aliphatic hydroxyl groups is 1. The van der Waals surface area contributed by atoms with Crippen molar-refractivity contribution in [3.63, 3.8) is 0 Å². The third-order valence-corrected chi connectivity index (χ3v) is 5.90. The molecule has 0 radical (unpaired) electrons. The van der Waals surface area contributed by atoms with Gasteiger partial charge in [0.25, 0.3) is 0 Å². The number of aliphatic hydroxyl groups excluding tert-OH is 1. The van der Waals surface area contributed by atoms with Crippen molar-refractivity contribution in [2.75, 3.05) is 18.8 Å². The number of likely N-dealkylation sites (tertiary alicyclic amines) is 1. The zero-order valence-electron chi connectivity index (χ0n) is 15.0. The number of fused-ring (bicyclic) bond motifs is 1. The fourth-order valence-corrected chi connectivity index (χ4v) is 4.16. The summed E-state index contributed by atoms with van der Waals surface area (Å²) in [4.78, 5) is 18.9. The highest BCUT2D eigenvalue weighted by Crippen LogP contribution is 2.24. The van der Waals surface area contributed by atoms with Gasteiger partial charge in [0, 0.05) is 37.1 Å². The number of hydrogen-bond acceptors (Lipinski definition) is 6. The van der Waals surface area contributed by atoms with E-state index in [0.29, 0.717) is 30.4 Å². The smallest absolute Gasteiger partial charge is 0.233 e. The summed E-state index contributed by atoms with van der Waals surface area (Å²) in [6.07, 6.45) is 1.74. The Bertz CT molecular complexity index is 960. The number of β-amino-alcohol motifs (C(OH)–C–C–N with tert-alkyl or cyclic N) is 1. The van der Waals surface area contributed by atoms with Gasteiger partial charge in [-0.1, -0.05) is 36.0 Å². The molecule has 3 aromatic rings. The molecule has 1 amide bonds. The van der Waals surface area contributed by atoms with Crippen molar-refractivity contribution in [2.45, 2.75) is 17.7 Å². The SMILES string of the molecule is Cn1cnnc1SCC(=O)N1C[C@@H](Cc2ccc3ccccc3n2)[C@H](O)C1. The molecule has 4 rings (SSSR count). The number of aromatic nitrogens is 4. The van der Waals surface area contributed by atoms with E-state index in [9.17, 15) is 9.90 Å². The van der Waals surface area contributed by atoms with Crippen molar-refractivity contribution < 1.29 is 9.90 Å². The third-order valence-electron chi connectivity index (χ3n) is 4.88. The van der Waals surface area contributed by atoms with E-state index in [4.69, 9.17) is 0 Å². The Morgan fingerprint density at radius 2 is 2.11 bits per heavy atom. The zero-order valence-corrected chi connectivity index (χ0v) is 15.8. The molecular formula is C19H21N5O2S. The molecule has 1 N–H and O–H groups in total. The van der Waals surface area contributed by atoms with Gasteiger partial charge in [-0.05, 0) is 18.6 Å². The minimum absolute atomic E-state index is 0.00226. The second-order valence-electron chi connectivity index (χ2n) is 6.84. The fraction of sp³-hybridized carbons (Fsp3) is 0.368. The maximum Gasteiger partial charge on any atom is 0.233 e. The van der Waals surface area contributed by atoms with Crippen LogP contribution in [0.4, 0.5) is 0 Å². The van der Waals surface area contributed by atoms with Crippen LogP contribution in [-0.2, 0) is 18.3 Å². The maximum absolute atomic E-state index is 12.5. The van der Waals surface area contributed by atoms with Gasteiger partial charge in [0.05, 0.1) is 17.4 Å². The molecule has 0 bridgehead atoms. The lowest BCUT2D eigenvalue weighted by atomic mass is 9.99. The Labute approximate surface area is 161 Å². The number of carbonyl (C=O) groups is 1. The number of rotatable bonds is 5. The van der Waals surface area contributed by atoms with E-state index in [2.05, 4.69) is 21.2 Å². The lowest BCUT2D eigenvalue weighted by Gasteiger charge is -2.15. The standard InChI is InChI=1S/C19H21N5O2S/c1-23-12-20-22-19(23)27-11-18(26)24-9-14(17(25)10-24)8-15-7-6-13-4-2-3-5-16(13)21-15/h2-7,12,14,17,25H,8-11H2,1H3/t14-,17-/m1/s1. The molecule has 1 aromatic carbocycles. The van der Waals surface area contributed by atoms with Crippen LogP contribution in [0.25, 0.3) is 10.9 Å². The van der Waals surface area contributed by atoms with Gasteiger partial charge in [-0.3, -0.25) is 9.78 Å². The van der Waals surface area contributed by atoms with Crippen LogP contribution in [0, 0.1) is 5.92 Å². The number of hydrogen-bond donors (Lipinski definition) is 1. The Hall–Kier alpha value is -2.45. The molecule has 0 spiro atoms. The molecule has 8 heteroatoms. The Kier molecular flexibility index (Phi) is 5.09. The van der Waals surface area contributed by atoms with E-state index in [-0.39, 0.29) is 11.8 Å². The second-order valence-corrected chi connectivity index (χ2v) is 7.78. The number of para-hydroxylation sites is 1. The van der Waals surface area contributed by atoms with E-state index in [1.165, 1.54) is 11.8 Å². The first-order chi connectivity index (χ1) is 13.1. The van der Waals surface area contributed by atoms with Gasteiger partial charge in [0.2, 0.25) is 5.91 Å². The lowest BCUT2D eigenvalue weighted by molar-refractivity contribution is -0.127. The molecule has 1 fully saturated rings. The van der Waals surface area contributed by atoms with Crippen LogP contribution in [0.2, 0.25) is 0 Å². The molecule has 1 aliphatic heterocycles. The first kappa shape index (κ1) is 17.9. The zero-order chi connectivity index (χ0) is 18.8. The summed E-state index contributed by atoms with van der Waals surface area (Å²) in [5.41, 5.74) is 1.90. The van der Waals surface area contributed by atoms with Crippen LogP contribution in [0.1, 0.15) is 5.69 Å². The van der Waals surface area contributed by atoms with Crippen molar-refractivity contribution in [3.8, 4) is 0 Å². The molecule has 2 aromatic heterocycles. The van der Waals surface area contributed by atoms with Gasteiger partial charge in [-0.2, -0.15) is 0 Å². The Morgan fingerprint density at radius 3 is 2.93 bits per heavy atom. The minimum atomic E-state index is -0.526. The van der Waals surface area contributed by atoms with Crippen molar-refractivity contribution >= 4 is 28.6 Å². The molecule has 0 aliphatic carbocycles. The van der Waals surface area contributed by atoms with E-state index >= 15 is 0 Å². The van der Waals surface area contributed by atoms with Crippen LogP contribution < -0.4 is 0 Å². The number of benzene rings is 1. The normalized spacial score (nSPS) is 19.7. The van der Waals surface area contributed by atoms with Gasteiger partial charge in [0.1, 0.15) is 6.33 Å². The van der Waals surface area contributed by atoms with Crippen molar-refractivity contribution in [1.29, 1.82) is 0 Å². The van der Waals surface area contributed by atoms with Crippen LogP contribution in [0.3, 0.4) is 0 Å². The Balaban J connectivity index is 1.37. The second kappa shape index (κ2) is 7.66. The molecule has 7 nitrogen and oxygen atoms in total. The molecule has 2 atom stereocenters. The largest absolute Gasteiger partial charge is 0.391 e. The number of nitrogens with zero attached hydrogens (tertiary/aromatic N) is 5. The maximum atomic E-state index is 12.5. The third kappa shape index (κ3) is 3.96. The summed E-state index contributed by atoms with van der Waals surface area (Å²) in [5.74, 6) is 0.304. The van der Waals surface area contributed by atoms with E-state index in [0.717, 1.165) is 16.6 Å². The van der Waals surface area contributed by atoms with E-state index < -0.39 is 6.10 Å². The molecule has 3 heterocycles. The first-order valence-electron chi connectivity index (χ1n) is 8.87. The molecule has 0 saturated carbocycles. The fourth-order valence-electron chi connectivity index (χ4n) is 3.37.